The molecule has 174 valence electrons. The second kappa shape index (κ2) is 9.38. The van der Waals surface area contributed by atoms with Gasteiger partial charge >= 0.3 is 6.03 Å². The molecule has 2 aliphatic heterocycles. The van der Waals surface area contributed by atoms with Crippen LogP contribution in [-0.4, -0.2) is 52.3 Å². The third-order valence-electron chi connectivity index (χ3n) is 6.78. The number of hydrogen-bond acceptors (Lipinski definition) is 5. The molecule has 34 heavy (non-hydrogen) atoms. The highest BCUT2D eigenvalue weighted by Gasteiger charge is 2.58. The average molecular weight is 475 g/mol. The van der Waals surface area contributed by atoms with E-state index in [1.165, 1.54) is 4.90 Å². The lowest BCUT2D eigenvalue weighted by molar-refractivity contribution is -0.134. The van der Waals surface area contributed by atoms with Crippen molar-refractivity contribution < 1.29 is 14.4 Å². The van der Waals surface area contributed by atoms with Crippen LogP contribution in [0.15, 0.2) is 72.2 Å². The highest BCUT2D eigenvalue weighted by atomic mass is 32.1. The predicted octanol–water partition coefficient (Wildman–Crippen LogP) is 3.69. The van der Waals surface area contributed by atoms with E-state index < -0.39 is 5.54 Å². The number of hydrogen-bond donors (Lipinski definition) is 1. The number of carbonyl (C=O) groups excluding carboxylic acids is 3. The fourth-order valence-electron chi connectivity index (χ4n) is 5.01. The maximum atomic E-state index is 13.9. The van der Waals surface area contributed by atoms with Crippen molar-refractivity contribution in [3.8, 4) is 0 Å². The summed E-state index contributed by atoms with van der Waals surface area (Å²) >= 11 is 1.61. The topological polar surface area (TPSA) is 82.6 Å². The van der Waals surface area contributed by atoms with Gasteiger partial charge in [0.25, 0.3) is 11.8 Å². The Labute approximate surface area is 202 Å². The lowest BCUT2D eigenvalue weighted by atomic mass is 9.75. The molecule has 8 heteroatoms. The van der Waals surface area contributed by atoms with Crippen molar-refractivity contribution in [3.63, 3.8) is 0 Å². The first-order chi connectivity index (χ1) is 16.6. The molecule has 4 heterocycles. The smallest absolute Gasteiger partial charge is 0.325 e. The van der Waals surface area contributed by atoms with Gasteiger partial charge in [0, 0.05) is 42.2 Å². The Morgan fingerprint density at radius 1 is 1.03 bits per heavy atom. The summed E-state index contributed by atoms with van der Waals surface area (Å²) in [7, 11) is 0. The molecule has 1 aromatic carbocycles. The summed E-state index contributed by atoms with van der Waals surface area (Å²) in [4.78, 5) is 48.6. The minimum Gasteiger partial charge on any atom is -0.339 e. The molecule has 0 unspecified atom stereocenters. The summed E-state index contributed by atoms with van der Waals surface area (Å²) in [5.41, 5.74) is 0.000524. The van der Waals surface area contributed by atoms with Gasteiger partial charge in [-0.25, -0.2) is 4.79 Å². The Balaban J connectivity index is 1.37. The molecule has 1 N–H and O–H groups in total. The lowest BCUT2D eigenvalue weighted by Gasteiger charge is -2.40. The maximum absolute atomic E-state index is 13.9. The van der Waals surface area contributed by atoms with Crippen LogP contribution in [0.4, 0.5) is 4.79 Å². The number of aromatic nitrogens is 1. The van der Waals surface area contributed by atoms with E-state index >= 15 is 0 Å². The van der Waals surface area contributed by atoms with Crippen LogP contribution in [0.25, 0.3) is 0 Å². The normalized spacial score (nSPS) is 21.1. The number of nitrogens with zero attached hydrogens (tertiary/aromatic N) is 3. The van der Waals surface area contributed by atoms with Crippen molar-refractivity contribution in [1.29, 1.82) is 0 Å². The maximum Gasteiger partial charge on any atom is 0.325 e. The molecule has 1 atom stereocenters. The zero-order valence-corrected chi connectivity index (χ0v) is 19.5. The summed E-state index contributed by atoms with van der Waals surface area (Å²) < 4.78 is 0. The molecule has 4 amide bonds. The van der Waals surface area contributed by atoms with Gasteiger partial charge in [-0.1, -0.05) is 30.3 Å². The SMILES string of the molecule is O=C(c1ccccc1)N1CCC([C@@]2(c3ccccn3)NC(=O)N(CCc3cccs3)C2=O)CC1. The summed E-state index contributed by atoms with van der Waals surface area (Å²) in [6, 6.07) is 18.3. The lowest BCUT2D eigenvalue weighted by Crippen LogP contribution is -2.54. The van der Waals surface area contributed by atoms with Gasteiger partial charge < -0.3 is 10.2 Å². The van der Waals surface area contributed by atoms with Crippen LogP contribution in [-0.2, 0) is 16.8 Å². The van der Waals surface area contributed by atoms with E-state index in [1.807, 2.05) is 64.9 Å². The summed E-state index contributed by atoms with van der Waals surface area (Å²) in [6.45, 7) is 1.36. The number of likely N-dealkylation sites (tertiary alicyclic amines) is 1. The van der Waals surface area contributed by atoms with Crippen LogP contribution in [0.3, 0.4) is 0 Å². The van der Waals surface area contributed by atoms with Gasteiger partial charge in [0.1, 0.15) is 0 Å². The molecule has 5 rings (SSSR count). The molecule has 0 bridgehead atoms. The Hall–Kier alpha value is -3.52. The highest BCUT2D eigenvalue weighted by Crippen LogP contribution is 2.41. The van der Waals surface area contributed by atoms with E-state index in [2.05, 4.69) is 10.3 Å². The van der Waals surface area contributed by atoms with Crippen LogP contribution in [0.1, 0.15) is 33.8 Å². The minimum atomic E-state index is -1.21. The number of thiophene rings is 1. The van der Waals surface area contributed by atoms with Gasteiger partial charge in [-0.2, -0.15) is 0 Å². The van der Waals surface area contributed by atoms with E-state index in [9.17, 15) is 14.4 Å². The second-order valence-electron chi connectivity index (χ2n) is 8.67. The third kappa shape index (κ3) is 3.98. The van der Waals surface area contributed by atoms with Crippen molar-refractivity contribution in [1.82, 2.24) is 20.1 Å². The van der Waals surface area contributed by atoms with E-state index in [0.29, 0.717) is 50.2 Å². The van der Waals surface area contributed by atoms with Crippen molar-refractivity contribution in [3.05, 3.63) is 88.4 Å². The van der Waals surface area contributed by atoms with Crippen molar-refractivity contribution >= 4 is 29.2 Å². The number of benzene rings is 1. The van der Waals surface area contributed by atoms with Crippen molar-refractivity contribution in [2.45, 2.75) is 24.8 Å². The molecule has 2 aliphatic rings. The molecular formula is C26H26N4O3S. The Morgan fingerprint density at radius 3 is 2.47 bits per heavy atom. The highest BCUT2D eigenvalue weighted by molar-refractivity contribution is 7.09. The largest absolute Gasteiger partial charge is 0.339 e. The molecule has 0 saturated carbocycles. The fraction of sp³-hybridized carbons (Fsp3) is 0.308. The first kappa shape index (κ1) is 22.3. The minimum absolute atomic E-state index is 0.00899. The van der Waals surface area contributed by atoms with E-state index in [0.717, 1.165) is 4.88 Å². The van der Waals surface area contributed by atoms with Crippen molar-refractivity contribution in [2.75, 3.05) is 19.6 Å². The molecule has 2 saturated heterocycles. The zero-order chi connectivity index (χ0) is 23.5. The zero-order valence-electron chi connectivity index (χ0n) is 18.7. The second-order valence-corrected chi connectivity index (χ2v) is 9.70. The molecule has 2 aromatic heterocycles. The Morgan fingerprint density at radius 2 is 1.79 bits per heavy atom. The first-order valence-corrected chi connectivity index (χ1v) is 12.4. The standard InChI is InChI=1S/C26H26N4O3S/c31-23(19-7-2-1-3-8-19)29-15-11-20(12-16-29)26(22-10-4-5-14-27-22)24(32)30(25(33)28-26)17-13-21-9-6-18-34-21/h1-10,14,18,20H,11-13,15-17H2,(H,28,33)/t26-/m0/s1. The van der Waals surface area contributed by atoms with Gasteiger partial charge in [0.15, 0.2) is 5.54 Å². The number of urea groups is 1. The van der Waals surface area contributed by atoms with Crippen LogP contribution in [0.5, 0.6) is 0 Å². The fourth-order valence-corrected chi connectivity index (χ4v) is 5.71. The molecule has 0 radical (unpaired) electrons. The van der Waals surface area contributed by atoms with Crippen LogP contribution < -0.4 is 5.32 Å². The predicted molar refractivity (Wildman–Crippen MR) is 129 cm³/mol. The van der Waals surface area contributed by atoms with Gasteiger partial charge in [-0.15, -0.1) is 11.3 Å². The number of amides is 4. The molecular weight excluding hydrogens is 448 g/mol. The monoisotopic (exact) mass is 474 g/mol. The molecule has 7 nitrogen and oxygen atoms in total. The first-order valence-electron chi connectivity index (χ1n) is 11.5. The number of pyridine rings is 1. The van der Waals surface area contributed by atoms with Gasteiger partial charge in [0.2, 0.25) is 0 Å². The molecule has 2 fully saturated rings. The molecule has 0 spiro atoms. The number of imide groups is 1. The summed E-state index contributed by atoms with van der Waals surface area (Å²) in [6.07, 6.45) is 3.47. The average Bonchev–Trinajstić information content (AvgIpc) is 3.50. The Bertz CT molecular complexity index is 1160. The number of nitrogens with one attached hydrogen (secondary N) is 1. The third-order valence-corrected chi connectivity index (χ3v) is 7.71. The summed E-state index contributed by atoms with van der Waals surface area (Å²) in [5.74, 6) is -0.420. The van der Waals surface area contributed by atoms with E-state index in [4.69, 9.17) is 0 Å². The molecule has 0 aliphatic carbocycles. The summed E-state index contributed by atoms with van der Waals surface area (Å²) in [5, 5.41) is 5.02. The van der Waals surface area contributed by atoms with Gasteiger partial charge in [-0.3, -0.25) is 19.5 Å². The Kier molecular flexibility index (Phi) is 6.15. The van der Waals surface area contributed by atoms with Gasteiger partial charge in [0.05, 0.1) is 5.69 Å². The number of piperidine rings is 1. The van der Waals surface area contributed by atoms with E-state index in [1.54, 1.807) is 23.6 Å². The van der Waals surface area contributed by atoms with Crippen LogP contribution in [0, 0.1) is 5.92 Å². The molecule has 3 aromatic rings. The van der Waals surface area contributed by atoms with E-state index in [-0.39, 0.29) is 23.8 Å². The number of carbonyl (C=O) groups is 3. The van der Waals surface area contributed by atoms with Crippen molar-refractivity contribution in [2.24, 2.45) is 5.92 Å². The quantitative estimate of drug-likeness (QED) is 0.553. The number of rotatable bonds is 6. The van der Waals surface area contributed by atoms with Crippen LogP contribution >= 0.6 is 11.3 Å². The van der Waals surface area contributed by atoms with Crippen LogP contribution in [0.2, 0.25) is 0 Å². The van der Waals surface area contributed by atoms with Gasteiger partial charge in [-0.05, 0) is 55.0 Å².